The van der Waals surface area contributed by atoms with Crippen LogP contribution in [0.4, 0.5) is 0 Å². The Hall–Kier alpha value is -0.550. The van der Waals surface area contributed by atoms with Crippen molar-refractivity contribution < 1.29 is 15.3 Å². The van der Waals surface area contributed by atoms with Crippen molar-refractivity contribution in [3.8, 4) is 0 Å². The Balaban J connectivity index is 1.65. The van der Waals surface area contributed by atoms with Gasteiger partial charge in [0.2, 0.25) is 0 Å². The zero-order chi connectivity index (χ0) is 22.6. The normalized spacial score (nSPS) is 35.3. The highest BCUT2D eigenvalue weighted by molar-refractivity contribution is 8.00. The van der Waals surface area contributed by atoms with Crippen LogP contribution in [0, 0.1) is 11.3 Å². The van der Waals surface area contributed by atoms with Crippen LogP contribution in [0.25, 0.3) is 0 Å². The molecule has 0 heterocycles. The SMILES string of the molecule is CCC(O)(CC)CCSC(C)C1=CCC2/C(=C/C=C3CC(O)C[C@H](O)C3)CCCC12C. The molecule has 4 unspecified atom stereocenters. The molecule has 3 rings (SSSR count). The zero-order valence-corrected chi connectivity index (χ0v) is 20.9. The summed E-state index contributed by atoms with van der Waals surface area (Å²) in [5, 5.41) is 31.1. The van der Waals surface area contributed by atoms with Crippen LogP contribution in [0.15, 0.2) is 34.9 Å². The Morgan fingerprint density at radius 3 is 2.52 bits per heavy atom. The zero-order valence-electron chi connectivity index (χ0n) is 20.1. The Morgan fingerprint density at radius 1 is 1.19 bits per heavy atom. The van der Waals surface area contributed by atoms with Gasteiger partial charge < -0.3 is 15.3 Å². The van der Waals surface area contributed by atoms with E-state index >= 15 is 0 Å². The van der Waals surface area contributed by atoms with Crippen LogP contribution in [-0.4, -0.2) is 44.1 Å². The quantitative estimate of drug-likeness (QED) is 0.402. The lowest BCUT2D eigenvalue weighted by atomic mass is 9.64. The first-order chi connectivity index (χ1) is 14.7. The Kier molecular flexibility index (Phi) is 8.57. The van der Waals surface area contributed by atoms with Crippen LogP contribution in [0.3, 0.4) is 0 Å². The van der Waals surface area contributed by atoms with Crippen LogP contribution in [-0.2, 0) is 0 Å². The number of rotatable bonds is 8. The van der Waals surface area contributed by atoms with E-state index in [0.717, 1.165) is 37.9 Å². The van der Waals surface area contributed by atoms with Gasteiger partial charge in [0.1, 0.15) is 0 Å². The minimum atomic E-state index is -0.502. The number of hydrogen-bond acceptors (Lipinski definition) is 4. The Bertz CT molecular complexity index is 693. The highest BCUT2D eigenvalue weighted by Gasteiger charge is 2.46. The first-order valence-corrected chi connectivity index (χ1v) is 13.5. The average Bonchev–Trinajstić information content (AvgIpc) is 3.09. The molecule has 0 amide bonds. The van der Waals surface area contributed by atoms with E-state index < -0.39 is 17.8 Å². The molecule has 3 nitrogen and oxygen atoms in total. The summed E-state index contributed by atoms with van der Waals surface area (Å²) in [4.78, 5) is 0. The average molecular weight is 449 g/mol. The van der Waals surface area contributed by atoms with E-state index in [-0.39, 0.29) is 5.41 Å². The second kappa shape index (κ2) is 10.6. The Labute approximate surface area is 194 Å². The van der Waals surface area contributed by atoms with Gasteiger partial charge >= 0.3 is 0 Å². The summed E-state index contributed by atoms with van der Waals surface area (Å²) >= 11 is 2.01. The van der Waals surface area contributed by atoms with E-state index in [1.807, 2.05) is 11.8 Å². The van der Waals surface area contributed by atoms with Crippen molar-refractivity contribution in [2.75, 3.05) is 5.75 Å². The molecule has 0 aromatic heterocycles. The molecule has 0 radical (unpaired) electrons. The fourth-order valence-corrected chi connectivity index (χ4v) is 7.53. The van der Waals surface area contributed by atoms with E-state index in [2.05, 4.69) is 45.9 Å². The Morgan fingerprint density at radius 2 is 1.87 bits per heavy atom. The number of allylic oxidation sites excluding steroid dienone is 4. The second-order valence-corrected chi connectivity index (χ2v) is 11.9. The summed E-state index contributed by atoms with van der Waals surface area (Å²) < 4.78 is 0. The van der Waals surface area contributed by atoms with Crippen molar-refractivity contribution in [2.45, 2.75) is 115 Å². The van der Waals surface area contributed by atoms with Gasteiger partial charge in [-0.05, 0) is 88.2 Å². The molecule has 0 saturated heterocycles. The third-order valence-corrected chi connectivity index (χ3v) is 9.57. The number of aliphatic hydroxyl groups is 3. The van der Waals surface area contributed by atoms with E-state index in [9.17, 15) is 15.3 Å². The molecule has 2 fully saturated rings. The van der Waals surface area contributed by atoms with Crippen molar-refractivity contribution in [1.82, 2.24) is 0 Å². The van der Waals surface area contributed by atoms with Crippen LogP contribution >= 0.6 is 11.8 Å². The molecule has 5 atom stereocenters. The predicted molar refractivity (Wildman–Crippen MR) is 132 cm³/mol. The first kappa shape index (κ1) is 25.1. The molecular formula is C27H44O3S. The van der Waals surface area contributed by atoms with Gasteiger partial charge in [0.25, 0.3) is 0 Å². The minimum Gasteiger partial charge on any atom is -0.393 e. The molecule has 3 N–H and O–H groups in total. The van der Waals surface area contributed by atoms with Gasteiger partial charge in [0.15, 0.2) is 0 Å². The van der Waals surface area contributed by atoms with Crippen molar-refractivity contribution in [1.29, 1.82) is 0 Å². The van der Waals surface area contributed by atoms with E-state index in [0.29, 0.717) is 30.4 Å². The number of thioether (sulfide) groups is 1. The number of hydrogen-bond donors (Lipinski definition) is 3. The summed E-state index contributed by atoms with van der Waals surface area (Å²) in [5.74, 6) is 1.59. The van der Waals surface area contributed by atoms with Crippen LogP contribution in [0.5, 0.6) is 0 Å². The first-order valence-electron chi connectivity index (χ1n) is 12.5. The van der Waals surface area contributed by atoms with Gasteiger partial charge in [-0.1, -0.05) is 55.7 Å². The van der Waals surface area contributed by atoms with Crippen molar-refractivity contribution >= 4 is 11.8 Å². The fourth-order valence-electron chi connectivity index (χ4n) is 6.13. The van der Waals surface area contributed by atoms with Crippen molar-refractivity contribution in [3.63, 3.8) is 0 Å². The molecule has 3 aliphatic carbocycles. The smallest absolute Gasteiger partial charge is 0.0650 e. The molecule has 176 valence electrons. The number of fused-ring (bicyclic) bond motifs is 1. The molecule has 0 aliphatic heterocycles. The minimum absolute atomic E-state index is 0.242. The lowest BCUT2D eigenvalue weighted by molar-refractivity contribution is 0.0296. The van der Waals surface area contributed by atoms with Crippen LogP contribution < -0.4 is 0 Å². The fraction of sp³-hybridized carbons (Fsp3) is 0.778. The largest absolute Gasteiger partial charge is 0.393 e. The lowest BCUT2D eigenvalue weighted by Gasteiger charge is -2.42. The van der Waals surface area contributed by atoms with E-state index in [4.69, 9.17) is 0 Å². The van der Waals surface area contributed by atoms with Gasteiger partial charge in [0, 0.05) is 5.25 Å². The highest BCUT2D eigenvalue weighted by Crippen LogP contribution is 2.56. The van der Waals surface area contributed by atoms with E-state index in [1.54, 1.807) is 11.1 Å². The highest BCUT2D eigenvalue weighted by atomic mass is 32.2. The summed E-state index contributed by atoms with van der Waals surface area (Å²) in [6.07, 6.45) is 15.4. The summed E-state index contributed by atoms with van der Waals surface area (Å²) in [6, 6.07) is 0. The predicted octanol–water partition coefficient (Wildman–Crippen LogP) is 5.94. The molecule has 0 aromatic carbocycles. The molecule has 2 saturated carbocycles. The standard InChI is InChI=1S/C27H44O3S/c1-5-27(30,6-2)14-15-31-19(3)24-11-12-25-21(8-7-13-26(24,25)4)10-9-20-16-22(28)18-23(29)17-20/h9-11,19,22-23,25,28-30H,5-8,12-18H2,1-4H3/b20-9?,21-10+/t19?,22-,23?,25?,26?/m1/s1. The maximum absolute atomic E-state index is 10.6. The lowest BCUT2D eigenvalue weighted by Crippen LogP contribution is -2.33. The molecule has 4 heteroatoms. The van der Waals surface area contributed by atoms with Crippen LogP contribution in [0.2, 0.25) is 0 Å². The van der Waals surface area contributed by atoms with Crippen molar-refractivity contribution in [3.05, 3.63) is 34.9 Å². The monoisotopic (exact) mass is 448 g/mol. The molecule has 0 bridgehead atoms. The summed E-state index contributed by atoms with van der Waals surface area (Å²) in [5.41, 5.74) is 4.08. The third-order valence-electron chi connectivity index (χ3n) is 8.37. The number of aliphatic hydroxyl groups excluding tert-OH is 2. The second-order valence-electron chi connectivity index (χ2n) is 10.4. The molecular weight excluding hydrogens is 404 g/mol. The molecule has 31 heavy (non-hydrogen) atoms. The topological polar surface area (TPSA) is 60.7 Å². The van der Waals surface area contributed by atoms with Gasteiger partial charge in [-0.2, -0.15) is 11.8 Å². The molecule has 3 aliphatic rings. The van der Waals surface area contributed by atoms with E-state index in [1.165, 1.54) is 18.4 Å². The van der Waals surface area contributed by atoms with Crippen LogP contribution in [0.1, 0.15) is 91.9 Å². The summed E-state index contributed by atoms with van der Waals surface area (Å²) in [6.45, 7) is 8.99. The summed E-state index contributed by atoms with van der Waals surface area (Å²) in [7, 11) is 0. The third kappa shape index (κ3) is 5.88. The maximum atomic E-state index is 10.6. The van der Waals surface area contributed by atoms with Gasteiger partial charge in [-0.25, -0.2) is 0 Å². The van der Waals surface area contributed by atoms with Crippen molar-refractivity contribution in [2.24, 2.45) is 11.3 Å². The maximum Gasteiger partial charge on any atom is 0.0650 e. The molecule has 0 spiro atoms. The van der Waals surface area contributed by atoms with Gasteiger partial charge in [0.05, 0.1) is 17.8 Å². The molecule has 0 aromatic rings. The van der Waals surface area contributed by atoms with Gasteiger partial charge in [-0.3, -0.25) is 0 Å². The van der Waals surface area contributed by atoms with Gasteiger partial charge in [-0.15, -0.1) is 0 Å².